The number of hydrogen-bond acceptors (Lipinski definition) is 5. The van der Waals surface area contributed by atoms with Crippen molar-refractivity contribution in [2.24, 2.45) is 0 Å². The van der Waals surface area contributed by atoms with E-state index in [-0.39, 0.29) is 6.42 Å². The summed E-state index contributed by atoms with van der Waals surface area (Å²) in [5, 5.41) is 19.8. The average Bonchev–Trinajstić information content (AvgIpc) is 2.63. The van der Waals surface area contributed by atoms with Crippen molar-refractivity contribution >= 4 is 28.5 Å². The molecule has 0 saturated carbocycles. The highest BCUT2D eigenvalue weighted by Crippen LogP contribution is 2.32. The van der Waals surface area contributed by atoms with E-state index in [2.05, 4.69) is 18.0 Å². The van der Waals surface area contributed by atoms with Gasteiger partial charge in [0, 0.05) is 22.5 Å². The van der Waals surface area contributed by atoms with Crippen molar-refractivity contribution in [3.63, 3.8) is 0 Å². The molecule has 0 fully saturated rings. The lowest BCUT2D eigenvalue weighted by molar-refractivity contribution is -0.136. The number of nitriles is 1. The van der Waals surface area contributed by atoms with Gasteiger partial charge >= 0.3 is 5.97 Å². The molecule has 26 heavy (non-hydrogen) atoms. The highest BCUT2D eigenvalue weighted by atomic mass is 32.2. The van der Waals surface area contributed by atoms with Crippen molar-refractivity contribution in [2.45, 2.75) is 18.2 Å². The minimum atomic E-state index is -0.914. The van der Waals surface area contributed by atoms with E-state index in [1.807, 2.05) is 6.07 Å². The average molecular weight is 364 g/mol. The fourth-order valence-electron chi connectivity index (χ4n) is 2.61. The third kappa shape index (κ3) is 4.13. The third-order valence-electron chi connectivity index (χ3n) is 3.70. The summed E-state index contributed by atoms with van der Waals surface area (Å²) in [5.74, 6) is 0.949. The number of pyridine rings is 1. The van der Waals surface area contributed by atoms with E-state index in [0.29, 0.717) is 22.8 Å². The van der Waals surface area contributed by atoms with Gasteiger partial charge < -0.3 is 9.84 Å². The van der Waals surface area contributed by atoms with Crippen LogP contribution in [-0.2, 0) is 11.2 Å². The summed E-state index contributed by atoms with van der Waals surface area (Å²) in [5.41, 5.74) is 1.14. The summed E-state index contributed by atoms with van der Waals surface area (Å²) in [6, 6.07) is 14.5. The molecule has 5 nitrogen and oxygen atoms in total. The number of carboxylic acid groups (broad SMARTS) is 1. The number of carbonyl (C=O) groups is 1. The molecule has 2 aromatic carbocycles. The fourth-order valence-corrected chi connectivity index (χ4v) is 3.23. The van der Waals surface area contributed by atoms with E-state index in [9.17, 15) is 4.79 Å². The van der Waals surface area contributed by atoms with Crippen LogP contribution in [0.1, 0.15) is 18.1 Å². The first-order valence-electron chi connectivity index (χ1n) is 8.04. The molecule has 3 aromatic rings. The van der Waals surface area contributed by atoms with Crippen LogP contribution >= 0.6 is 11.8 Å². The Hall–Kier alpha value is -3.04. The molecule has 1 N–H and O–H groups in total. The van der Waals surface area contributed by atoms with Gasteiger partial charge in [0.25, 0.3) is 0 Å². The second-order valence-electron chi connectivity index (χ2n) is 5.58. The van der Waals surface area contributed by atoms with Gasteiger partial charge in [-0.1, -0.05) is 19.1 Å². The van der Waals surface area contributed by atoms with Crippen LogP contribution in [0.5, 0.6) is 11.6 Å². The molecular weight excluding hydrogens is 348 g/mol. The summed E-state index contributed by atoms with van der Waals surface area (Å²) in [4.78, 5) is 16.4. The van der Waals surface area contributed by atoms with Crippen LogP contribution in [0.2, 0.25) is 0 Å². The molecular formula is C20H16N2O3S. The Balaban J connectivity index is 2.03. The number of benzene rings is 2. The molecule has 0 radical (unpaired) electrons. The number of hydrogen-bond donors (Lipinski definition) is 1. The monoisotopic (exact) mass is 364 g/mol. The van der Waals surface area contributed by atoms with Gasteiger partial charge in [-0.05, 0) is 41.0 Å². The van der Waals surface area contributed by atoms with Gasteiger partial charge in [0.2, 0.25) is 5.88 Å². The van der Waals surface area contributed by atoms with Crippen LogP contribution in [0.25, 0.3) is 10.8 Å². The van der Waals surface area contributed by atoms with Crippen molar-refractivity contribution in [3.8, 4) is 17.7 Å². The van der Waals surface area contributed by atoms with Crippen molar-refractivity contribution in [3.05, 3.63) is 59.8 Å². The van der Waals surface area contributed by atoms with E-state index in [1.54, 1.807) is 54.4 Å². The van der Waals surface area contributed by atoms with Gasteiger partial charge in [0.05, 0.1) is 18.1 Å². The zero-order valence-corrected chi connectivity index (χ0v) is 14.9. The molecule has 1 aromatic heterocycles. The van der Waals surface area contributed by atoms with Crippen LogP contribution in [-0.4, -0.2) is 21.8 Å². The number of rotatable bonds is 6. The molecule has 0 spiro atoms. The standard InChI is InChI=1S/C20H16N2O3S/c1-2-26-16-5-6-19(22-12-16)25-18-9-14(10-20(23)24)7-15-4-3-13(11-21)8-17(15)18/h3-9,12H,2,10H2,1H3,(H,23,24). The molecule has 3 rings (SSSR count). The number of carboxylic acids is 1. The summed E-state index contributed by atoms with van der Waals surface area (Å²) >= 11 is 1.69. The maximum absolute atomic E-state index is 11.1. The maximum atomic E-state index is 11.1. The van der Waals surface area contributed by atoms with Gasteiger partial charge in [0.15, 0.2) is 0 Å². The molecule has 1 heterocycles. The van der Waals surface area contributed by atoms with E-state index < -0.39 is 5.97 Å². The molecule has 6 heteroatoms. The van der Waals surface area contributed by atoms with Crippen molar-refractivity contribution in [2.75, 3.05) is 5.75 Å². The minimum absolute atomic E-state index is 0.105. The fraction of sp³-hybridized carbons (Fsp3) is 0.150. The number of nitrogens with zero attached hydrogens (tertiary/aromatic N) is 2. The first-order chi connectivity index (χ1) is 12.6. The van der Waals surface area contributed by atoms with Crippen LogP contribution in [0.3, 0.4) is 0 Å². The zero-order chi connectivity index (χ0) is 18.5. The van der Waals surface area contributed by atoms with Crippen LogP contribution in [0, 0.1) is 11.3 Å². The first kappa shape index (κ1) is 17.8. The van der Waals surface area contributed by atoms with Crippen molar-refractivity contribution < 1.29 is 14.6 Å². The highest BCUT2D eigenvalue weighted by Gasteiger charge is 2.11. The Morgan fingerprint density at radius 2 is 2.12 bits per heavy atom. The van der Waals surface area contributed by atoms with E-state index >= 15 is 0 Å². The third-order valence-corrected chi connectivity index (χ3v) is 4.56. The largest absolute Gasteiger partial charge is 0.481 e. The molecule has 130 valence electrons. The smallest absolute Gasteiger partial charge is 0.307 e. The topological polar surface area (TPSA) is 83.2 Å². The summed E-state index contributed by atoms with van der Waals surface area (Å²) in [6.07, 6.45) is 1.64. The van der Waals surface area contributed by atoms with Gasteiger partial charge in [-0.2, -0.15) is 5.26 Å². The van der Waals surface area contributed by atoms with Gasteiger partial charge in [-0.25, -0.2) is 4.98 Å². The molecule has 0 amide bonds. The Morgan fingerprint density at radius 1 is 1.27 bits per heavy atom. The predicted octanol–water partition coefficient (Wildman–Crippen LogP) is 4.64. The number of aliphatic carboxylic acids is 1. The number of fused-ring (bicyclic) bond motifs is 1. The van der Waals surface area contributed by atoms with Crippen LogP contribution in [0.15, 0.2) is 53.6 Å². The van der Waals surface area contributed by atoms with E-state index in [0.717, 1.165) is 21.4 Å². The molecule has 0 aliphatic carbocycles. The molecule has 0 aliphatic rings. The normalized spacial score (nSPS) is 10.5. The van der Waals surface area contributed by atoms with Crippen LogP contribution in [0.4, 0.5) is 0 Å². The van der Waals surface area contributed by atoms with Gasteiger partial charge in [0.1, 0.15) is 5.75 Å². The molecule has 0 atom stereocenters. The number of ether oxygens (including phenoxy) is 1. The van der Waals surface area contributed by atoms with Gasteiger partial charge in [-0.15, -0.1) is 11.8 Å². The Kier molecular flexibility index (Phi) is 5.40. The number of thioether (sulfide) groups is 1. The second-order valence-corrected chi connectivity index (χ2v) is 6.92. The highest BCUT2D eigenvalue weighted by molar-refractivity contribution is 7.99. The molecule has 0 unspecified atom stereocenters. The lowest BCUT2D eigenvalue weighted by atomic mass is 10.0. The Bertz CT molecular complexity index is 994. The summed E-state index contributed by atoms with van der Waals surface area (Å²) in [7, 11) is 0. The summed E-state index contributed by atoms with van der Waals surface area (Å²) < 4.78 is 5.92. The minimum Gasteiger partial charge on any atom is -0.481 e. The second kappa shape index (κ2) is 7.89. The summed E-state index contributed by atoms with van der Waals surface area (Å²) in [6.45, 7) is 2.07. The van der Waals surface area contributed by atoms with Crippen molar-refractivity contribution in [1.82, 2.24) is 4.98 Å². The molecule has 0 bridgehead atoms. The lowest BCUT2D eigenvalue weighted by Crippen LogP contribution is -2.01. The number of aromatic nitrogens is 1. The van der Waals surface area contributed by atoms with E-state index in [1.165, 1.54) is 0 Å². The predicted molar refractivity (Wildman–Crippen MR) is 101 cm³/mol. The molecule has 0 saturated heterocycles. The molecule has 0 aliphatic heterocycles. The van der Waals surface area contributed by atoms with Crippen LogP contribution < -0.4 is 4.74 Å². The van der Waals surface area contributed by atoms with E-state index in [4.69, 9.17) is 15.1 Å². The Labute approximate surface area is 155 Å². The van der Waals surface area contributed by atoms with Gasteiger partial charge in [-0.3, -0.25) is 4.79 Å². The van der Waals surface area contributed by atoms with Crippen molar-refractivity contribution in [1.29, 1.82) is 5.26 Å². The first-order valence-corrected chi connectivity index (χ1v) is 9.03. The Morgan fingerprint density at radius 3 is 2.77 bits per heavy atom. The SMILES string of the molecule is CCSc1ccc(Oc2cc(CC(=O)O)cc3ccc(C#N)cc23)nc1. The lowest BCUT2D eigenvalue weighted by Gasteiger charge is -2.11. The zero-order valence-electron chi connectivity index (χ0n) is 14.1. The quantitative estimate of drug-likeness (QED) is 0.642. The maximum Gasteiger partial charge on any atom is 0.307 e.